The van der Waals surface area contributed by atoms with Crippen LogP contribution < -0.4 is 5.32 Å². The summed E-state index contributed by atoms with van der Waals surface area (Å²) in [4.78, 5) is 29.5. The predicted octanol–water partition coefficient (Wildman–Crippen LogP) is 0.521. The Morgan fingerprint density at radius 1 is 1.11 bits per heavy atom. The van der Waals surface area contributed by atoms with Gasteiger partial charge in [-0.1, -0.05) is 37.3 Å². The lowest BCUT2D eigenvalue weighted by Crippen LogP contribution is -2.34. The van der Waals surface area contributed by atoms with Crippen LogP contribution in [0.2, 0.25) is 0 Å². The van der Waals surface area contributed by atoms with Crippen LogP contribution in [-0.2, 0) is 20.8 Å². The fraction of sp³-hybridized carbons (Fsp3) is 0.250. The first-order chi connectivity index (χ1) is 8.47. The largest absolute Gasteiger partial charge is 0.480 e. The molecule has 18 heavy (non-hydrogen) atoms. The minimum Gasteiger partial charge on any atom is -0.480 e. The van der Waals surface area contributed by atoms with Crippen LogP contribution in [0.25, 0.3) is 0 Å². The quantitative estimate of drug-likeness (QED) is 0.681. The second-order valence-electron chi connectivity index (χ2n) is 3.22. The molecule has 0 saturated heterocycles. The number of carboxylic acids is 2. The zero-order valence-electron chi connectivity index (χ0n) is 9.92. The van der Waals surface area contributed by atoms with Crippen LogP contribution in [-0.4, -0.2) is 34.6 Å². The van der Waals surface area contributed by atoms with Crippen LogP contribution in [0, 0.1) is 0 Å². The SMILES string of the molecule is CCc1ccccc1.O=C(O)CNC(=O)C(=O)O. The van der Waals surface area contributed by atoms with Crippen molar-refractivity contribution in [2.24, 2.45) is 0 Å². The molecule has 0 fully saturated rings. The standard InChI is InChI=1S/C8H10.C4H5NO5/c1-2-8-6-4-3-5-7-8;6-2(7)1-5-3(8)4(9)10/h3-7H,2H2,1H3;1H2,(H,5,8)(H,6,7)(H,9,10). The van der Waals surface area contributed by atoms with Gasteiger partial charge in [-0.15, -0.1) is 0 Å². The lowest BCUT2D eigenvalue weighted by Gasteiger charge is -1.94. The molecule has 98 valence electrons. The zero-order chi connectivity index (χ0) is 14.0. The third-order valence-corrected chi connectivity index (χ3v) is 1.85. The van der Waals surface area contributed by atoms with Gasteiger partial charge in [0.2, 0.25) is 0 Å². The fourth-order valence-electron chi connectivity index (χ4n) is 0.945. The minimum atomic E-state index is -1.69. The Morgan fingerprint density at radius 3 is 2.00 bits per heavy atom. The first kappa shape index (κ1) is 15.6. The number of hydrogen-bond acceptors (Lipinski definition) is 3. The number of rotatable bonds is 3. The molecule has 1 rings (SSSR count). The average molecular weight is 253 g/mol. The van der Waals surface area contributed by atoms with Gasteiger partial charge in [-0.25, -0.2) is 4.79 Å². The molecule has 0 radical (unpaired) electrons. The molecule has 0 aliphatic rings. The summed E-state index contributed by atoms with van der Waals surface area (Å²) < 4.78 is 0. The highest BCUT2D eigenvalue weighted by molar-refractivity contribution is 6.31. The topological polar surface area (TPSA) is 104 Å². The maximum absolute atomic E-state index is 10.1. The Kier molecular flexibility index (Phi) is 7.59. The van der Waals surface area contributed by atoms with Gasteiger partial charge in [0.15, 0.2) is 0 Å². The molecule has 0 atom stereocenters. The third kappa shape index (κ3) is 7.86. The van der Waals surface area contributed by atoms with Crippen LogP contribution in [0.3, 0.4) is 0 Å². The van der Waals surface area contributed by atoms with Crippen molar-refractivity contribution >= 4 is 17.8 Å². The molecule has 0 aliphatic heterocycles. The Balaban J connectivity index is 0.000000327. The molecule has 0 heterocycles. The van der Waals surface area contributed by atoms with Crippen molar-refractivity contribution < 1.29 is 24.6 Å². The van der Waals surface area contributed by atoms with E-state index in [0.717, 1.165) is 6.42 Å². The molecule has 3 N–H and O–H groups in total. The average Bonchev–Trinajstić information content (AvgIpc) is 2.37. The molecule has 1 aromatic rings. The molecule has 6 heteroatoms. The van der Waals surface area contributed by atoms with Gasteiger partial charge in [-0.05, 0) is 12.0 Å². The van der Waals surface area contributed by atoms with Gasteiger partial charge >= 0.3 is 17.8 Å². The summed E-state index contributed by atoms with van der Waals surface area (Å²) in [7, 11) is 0. The van der Waals surface area contributed by atoms with Crippen LogP contribution in [0.1, 0.15) is 12.5 Å². The van der Waals surface area contributed by atoms with E-state index in [1.165, 1.54) is 5.56 Å². The summed E-state index contributed by atoms with van der Waals surface area (Å²) in [6.07, 6.45) is 1.14. The molecule has 0 bridgehead atoms. The normalized spacial score (nSPS) is 8.72. The first-order valence-corrected chi connectivity index (χ1v) is 5.24. The number of nitrogens with one attached hydrogen (secondary N) is 1. The fourth-order valence-corrected chi connectivity index (χ4v) is 0.945. The third-order valence-electron chi connectivity index (χ3n) is 1.85. The summed E-state index contributed by atoms with van der Waals surface area (Å²) in [5, 5.41) is 17.5. The number of benzene rings is 1. The molecule has 0 saturated carbocycles. The Bertz CT molecular complexity index is 402. The molecule has 0 unspecified atom stereocenters. The highest BCUT2D eigenvalue weighted by Gasteiger charge is 2.10. The summed E-state index contributed by atoms with van der Waals surface area (Å²) >= 11 is 0. The van der Waals surface area contributed by atoms with E-state index in [2.05, 4.69) is 31.2 Å². The number of aliphatic carboxylic acids is 2. The predicted molar refractivity (Wildman–Crippen MR) is 64.1 cm³/mol. The molecule has 0 spiro atoms. The van der Waals surface area contributed by atoms with Gasteiger partial charge in [0.05, 0.1) is 0 Å². The van der Waals surface area contributed by atoms with Crippen molar-refractivity contribution in [3.8, 4) is 0 Å². The number of amides is 1. The van der Waals surface area contributed by atoms with Gasteiger partial charge in [0, 0.05) is 0 Å². The summed E-state index contributed by atoms with van der Waals surface area (Å²) in [5.74, 6) is -4.29. The van der Waals surface area contributed by atoms with E-state index >= 15 is 0 Å². The molecular formula is C12H15NO5. The van der Waals surface area contributed by atoms with E-state index in [1.807, 2.05) is 6.07 Å². The van der Waals surface area contributed by atoms with E-state index in [9.17, 15) is 14.4 Å². The minimum absolute atomic E-state index is 0.675. The second kappa shape index (κ2) is 8.74. The van der Waals surface area contributed by atoms with E-state index in [4.69, 9.17) is 10.2 Å². The number of carbonyl (C=O) groups excluding carboxylic acids is 1. The molecule has 0 aliphatic carbocycles. The maximum Gasteiger partial charge on any atom is 0.394 e. The van der Waals surface area contributed by atoms with Gasteiger partial charge in [-0.3, -0.25) is 9.59 Å². The van der Waals surface area contributed by atoms with Crippen molar-refractivity contribution in [2.75, 3.05) is 6.54 Å². The number of carboxylic acid groups (broad SMARTS) is 2. The van der Waals surface area contributed by atoms with Crippen LogP contribution in [0.4, 0.5) is 0 Å². The van der Waals surface area contributed by atoms with Gasteiger partial charge < -0.3 is 15.5 Å². The smallest absolute Gasteiger partial charge is 0.394 e. The lowest BCUT2D eigenvalue weighted by molar-refractivity contribution is -0.150. The summed E-state index contributed by atoms with van der Waals surface area (Å²) in [6, 6.07) is 10.5. The lowest BCUT2D eigenvalue weighted by atomic mass is 10.2. The molecular weight excluding hydrogens is 238 g/mol. The van der Waals surface area contributed by atoms with Crippen LogP contribution in [0.15, 0.2) is 30.3 Å². The van der Waals surface area contributed by atoms with Crippen LogP contribution in [0.5, 0.6) is 0 Å². The van der Waals surface area contributed by atoms with Crippen molar-refractivity contribution in [3.63, 3.8) is 0 Å². The molecule has 1 aromatic carbocycles. The molecule has 1 amide bonds. The van der Waals surface area contributed by atoms with E-state index in [-0.39, 0.29) is 0 Å². The summed E-state index contributed by atoms with van der Waals surface area (Å²) in [5.41, 5.74) is 1.41. The first-order valence-electron chi connectivity index (χ1n) is 5.24. The Labute approximate surface area is 104 Å². The van der Waals surface area contributed by atoms with E-state index in [1.54, 1.807) is 5.32 Å². The van der Waals surface area contributed by atoms with E-state index < -0.39 is 24.4 Å². The van der Waals surface area contributed by atoms with E-state index in [0.29, 0.717) is 0 Å². The van der Waals surface area contributed by atoms with Gasteiger partial charge in [-0.2, -0.15) is 0 Å². The van der Waals surface area contributed by atoms with Gasteiger partial charge in [0.1, 0.15) is 6.54 Å². The van der Waals surface area contributed by atoms with Gasteiger partial charge in [0.25, 0.3) is 0 Å². The second-order valence-corrected chi connectivity index (χ2v) is 3.22. The highest BCUT2D eigenvalue weighted by atomic mass is 16.4. The molecule has 0 aromatic heterocycles. The van der Waals surface area contributed by atoms with Crippen molar-refractivity contribution in [3.05, 3.63) is 35.9 Å². The van der Waals surface area contributed by atoms with Crippen LogP contribution >= 0.6 is 0 Å². The number of hydrogen-bond donors (Lipinski definition) is 3. The highest BCUT2D eigenvalue weighted by Crippen LogP contribution is 1.96. The Morgan fingerprint density at radius 2 is 1.67 bits per heavy atom. The number of aryl methyl sites for hydroxylation is 1. The Hall–Kier alpha value is -2.37. The van der Waals surface area contributed by atoms with Crippen molar-refractivity contribution in [2.45, 2.75) is 13.3 Å². The monoisotopic (exact) mass is 253 g/mol. The maximum atomic E-state index is 10.1. The molecule has 6 nitrogen and oxygen atoms in total. The summed E-state index contributed by atoms with van der Waals surface area (Å²) in [6.45, 7) is 1.49. The van der Waals surface area contributed by atoms with Crippen molar-refractivity contribution in [1.82, 2.24) is 5.32 Å². The number of carbonyl (C=O) groups is 3. The van der Waals surface area contributed by atoms with Crippen molar-refractivity contribution in [1.29, 1.82) is 0 Å². The zero-order valence-corrected chi connectivity index (χ0v) is 9.92.